The Morgan fingerprint density at radius 2 is 2.05 bits per heavy atom. The molecule has 6 nitrogen and oxygen atoms in total. The molecule has 0 aliphatic carbocycles. The van der Waals surface area contributed by atoms with Gasteiger partial charge in [-0.25, -0.2) is 0 Å². The van der Waals surface area contributed by atoms with Crippen LogP contribution < -0.4 is 4.74 Å². The normalized spacial score (nSPS) is 10.3. The van der Waals surface area contributed by atoms with Gasteiger partial charge in [0.15, 0.2) is 0 Å². The molecule has 6 heteroatoms. The van der Waals surface area contributed by atoms with Crippen molar-refractivity contribution in [2.24, 2.45) is 0 Å². The van der Waals surface area contributed by atoms with Crippen molar-refractivity contribution in [3.05, 3.63) is 30.2 Å². The first-order valence-corrected chi connectivity index (χ1v) is 6.45. The molecule has 0 spiro atoms. The van der Waals surface area contributed by atoms with E-state index in [0.717, 1.165) is 5.56 Å². The number of esters is 1. The molecule has 0 fully saturated rings. The van der Waals surface area contributed by atoms with Crippen LogP contribution >= 0.6 is 0 Å². The lowest BCUT2D eigenvalue weighted by atomic mass is 10.2. The third kappa shape index (κ3) is 3.34. The zero-order chi connectivity index (χ0) is 14.4. The van der Waals surface area contributed by atoms with Gasteiger partial charge in [0.25, 0.3) is 0 Å². The molecule has 0 unspecified atom stereocenters. The predicted octanol–water partition coefficient (Wildman–Crippen LogP) is 2.24. The molecule has 0 saturated carbocycles. The van der Waals surface area contributed by atoms with Crippen molar-refractivity contribution < 1.29 is 18.8 Å². The van der Waals surface area contributed by atoms with Crippen LogP contribution in [0.2, 0.25) is 0 Å². The first-order chi connectivity index (χ1) is 9.74. The van der Waals surface area contributed by atoms with Gasteiger partial charge >= 0.3 is 5.97 Å². The SMILES string of the molecule is CCOC(=O)Cc1nc(-c2ccccc2OCC)no1. The molecular weight excluding hydrogens is 260 g/mol. The zero-order valence-electron chi connectivity index (χ0n) is 11.5. The lowest BCUT2D eigenvalue weighted by Gasteiger charge is -2.05. The molecule has 0 amide bonds. The number of carbonyl (C=O) groups is 1. The Morgan fingerprint density at radius 1 is 1.25 bits per heavy atom. The molecule has 1 heterocycles. The molecule has 0 aliphatic heterocycles. The van der Waals surface area contributed by atoms with Gasteiger partial charge in [0.2, 0.25) is 11.7 Å². The largest absolute Gasteiger partial charge is 0.493 e. The fourth-order valence-corrected chi connectivity index (χ4v) is 1.70. The Kier molecular flexibility index (Phi) is 4.70. The van der Waals surface area contributed by atoms with Gasteiger partial charge in [0.1, 0.15) is 12.2 Å². The Bertz CT molecular complexity index is 580. The van der Waals surface area contributed by atoms with Gasteiger partial charge in [-0.3, -0.25) is 4.79 Å². The molecule has 0 aliphatic rings. The number of rotatable bonds is 6. The van der Waals surface area contributed by atoms with E-state index in [0.29, 0.717) is 24.8 Å². The average Bonchev–Trinajstić information content (AvgIpc) is 2.88. The number of benzene rings is 1. The van der Waals surface area contributed by atoms with Crippen LogP contribution in [-0.2, 0) is 16.0 Å². The van der Waals surface area contributed by atoms with Crippen LogP contribution in [-0.4, -0.2) is 29.3 Å². The maximum Gasteiger partial charge on any atom is 0.315 e. The number of hydrogen-bond acceptors (Lipinski definition) is 6. The van der Waals surface area contributed by atoms with Gasteiger partial charge in [0.05, 0.1) is 18.8 Å². The summed E-state index contributed by atoms with van der Waals surface area (Å²) in [6.45, 7) is 4.52. The number of aromatic nitrogens is 2. The highest BCUT2D eigenvalue weighted by atomic mass is 16.5. The second-order valence-electron chi connectivity index (χ2n) is 3.92. The van der Waals surface area contributed by atoms with Crippen LogP contribution in [0, 0.1) is 0 Å². The van der Waals surface area contributed by atoms with E-state index in [2.05, 4.69) is 10.1 Å². The minimum Gasteiger partial charge on any atom is -0.493 e. The molecule has 0 radical (unpaired) electrons. The first kappa shape index (κ1) is 14.0. The molecule has 0 bridgehead atoms. The van der Waals surface area contributed by atoms with Crippen molar-refractivity contribution in [2.45, 2.75) is 20.3 Å². The van der Waals surface area contributed by atoms with Crippen LogP contribution in [0.25, 0.3) is 11.4 Å². The molecular formula is C14H16N2O4. The first-order valence-electron chi connectivity index (χ1n) is 6.45. The molecule has 106 valence electrons. The molecule has 2 aromatic rings. The van der Waals surface area contributed by atoms with Crippen LogP contribution in [0.15, 0.2) is 28.8 Å². The molecule has 2 rings (SSSR count). The summed E-state index contributed by atoms with van der Waals surface area (Å²) in [6, 6.07) is 7.40. The van der Waals surface area contributed by atoms with Crippen molar-refractivity contribution in [3.63, 3.8) is 0 Å². The summed E-state index contributed by atoms with van der Waals surface area (Å²) < 4.78 is 15.4. The van der Waals surface area contributed by atoms with Gasteiger partial charge in [-0.1, -0.05) is 17.3 Å². The van der Waals surface area contributed by atoms with Crippen LogP contribution in [0.1, 0.15) is 19.7 Å². The number of para-hydroxylation sites is 1. The Labute approximate surface area is 116 Å². The van der Waals surface area contributed by atoms with E-state index in [1.165, 1.54) is 0 Å². The number of ether oxygens (including phenoxy) is 2. The number of hydrogen-bond donors (Lipinski definition) is 0. The lowest BCUT2D eigenvalue weighted by Crippen LogP contribution is -2.07. The van der Waals surface area contributed by atoms with Crippen LogP contribution in [0.5, 0.6) is 5.75 Å². The number of nitrogens with zero attached hydrogens (tertiary/aromatic N) is 2. The lowest BCUT2D eigenvalue weighted by molar-refractivity contribution is -0.142. The van der Waals surface area contributed by atoms with Gasteiger partial charge in [-0.05, 0) is 26.0 Å². The quantitative estimate of drug-likeness (QED) is 0.753. The number of carbonyl (C=O) groups excluding carboxylic acids is 1. The molecule has 1 aromatic carbocycles. The standard InChI is InChI=1S/C14H16N2O4/c1-3-18-11-8-6-5-7-10(11)14-15-12(20-16-14)9-13(17)19-4-2/h5-8H,3-4,9H2,1-2H3. The summed E-state index contributed by atoms with van der Waals surface area (Å²) in [5, 5.41) is 3.87. The van der Waals surface area contributed by atoms with E-state index in [9.17, 15) is 4.79 Å². The smallest absolute Gasteiger partial charge is 0.315 e. The average molecular weight is 276 g/mol. The van der Waals surface area contributed by atoms with Gasteiger partial charge < -0.3 is 14.0 Å². The van der Waals surface area contributed by atoms with Crippen molar-refractivity contribution in [1.82, 2.24) is 10.1 Å². The van der Waals surface area contributed by atoms with Crippen LogP contribution in [0.3, 0.4) is 0 Å². The second kappa shape index (κ2) is 6.70. The topological polar surface area (TPSA) is 74.5 Å². The fourth-order valence-electron chi connectivity index (χ4n) is 1.70. The van der Waals surface area contributed by atoms with E-state index in [1.807, 2.05) is 31.2 Å². The minimum absolute atomic E-state index is 0.0301. The van der Waals surface area contributed by atoms with Crippen molar-refractivity contribution in [3.8, 4) is 17.1 Å². The van der Waals surface area contributed by atoms with E-state index in [-0.39, 0.29) is 18.3 Å². The molecule has 20 heavy (non-hydrogen) atoms. The summed E-state index contributed by atoms with van der Waals surface area (Å²) in [5.41, 5.74) is 0.730. The third-order valence-corrected chi connectivity index (χ3v) is 2.50. The Balaban J connectivity index is 2.18. The van der Waals surface area contributed by atoms with E-state index >= 15 is 0 Å². The third-order valence-electron chi connectivity index (χ3n) is 2.50. The highest BCUT2D eigenvalue weighted by molar-refractivity contribution is 5.71. The molecule has 0 saturated heterocycles. The fraction of sp³-hybridized carbons (Fsp3) is 0.357. The molecule has 0 N–H and O–H groups in total. The highest BCUT2D eigenvalue weighted by Gasteiger charge is 2.15. The molecule has 0 atom stereocenters. The van der Waals surface area contributed by atoms with Gasteiger partial charge in [0, 0.05) is 0 Å². The minimum atomic E-state index is -0.388. The highest BCUT2D eigenvalue weighted by Crippen LogP contribution is 2.27. The monoisotopic (exact) mass is 276 g/mol. The second-order valence-corrected chi connectivity index (χ2v) is 3.92. The Morgan fingerprint density at radius 3 is 2.80 bits per heavy atom. The maximum absolute atomic E-state index is 11.4. The maximum atomic E-state index is 11.4. The predicted molar refractivity (Wildman–Crippen MR) is 71.2 cm³/mol. The van der Waals surface area contributed by atoms with Crippen LogP contribution in [0.4, 0.5) is 0 Å². The van der Waals surface area contributed by atoms with Crippen molar-refractivity contribution >= 4 is 5.97 Å². The van der Waals surface area contributed by atoms with Gasteiger partial charge in [-0.2, -0.15) is 4.98 Å². The van der Waals surface area contributed by atoms with E-state index < -0.39 is 0 Å². The molecule has 1 aromatic heterocycles. The Hall–Kier alpha value is -2.37. The van der Waals surface area contributed by atoms with Gasteiger partial charge in [-0.15, -0.1) is 0 Å². The summed E-state index contributed by atoms with van der Waals surface area (Å²) in [5.74, 6) is 0.914. The van der Waals surface area contributed by atoms with E-state index in [4.69, 9.17) is 14.0 Å². The summed E-state index contributed by atoms with van der Waals surface area (Å²) in [6.07, 6.45) is -0.0301. The summed E-state index contributed by atoms with van der Waals surface area (Å²) in [7, 11) is 0. The van der Waals surface area contributed by atoms with E-state index in [1.54, 1.807) is 6.92 Å². The summed E-state index contributed by atoms with van der Waals surface area (Å²) >= 11 is 0. The van der Waals surface area contributed by atoms with Crippen molar-refractivity contribution in [1.29, 1.82) is 0 Å². The zero-order valence-corrected chi connectivity index (χ0v) is 11.5. The summed E-state index contributed by atoms with van der Waals surface area (Å²) in [4.78, 5) is 15.5. The van der Waals surface area contributed by atoms with Crippen molar-refractivity contribution in [2.75, 3.05) is 13.2 Å².